The Morgan fingerprint density at radius 1 is 1.35 bits per heavy atom. The lowest BCUT2D eigenvalue weighted by molar-refractivity contribution is -0.384. The van der Waals surface area contributed by atoms with Crippen molar-refractivity contribution < 1.29 is 9.72 Å². The summed E-state index contributed by atoms with van der Waals surface area (Å²) in [5.74, 6) is -0.0430. The van der Waals surface area contributed by atoms with Crippen molar-refractivity contribution in [2.45, 2.75) is 17.1 Å². The summed E-state index contributed by atoms with van der Waals surface area (Å²) in [6, 6.07) is 6.18. The third kappa shape index (κ3) is 6.23. The highest BCUT2D eigenvalue weighted by molar-refractivity contribution is 8.00. The number of carbonyl (C=O) groups is 1. The number of halogens is 1. The quantitative estimate of drug-likeness (QED) is 0.347. The number of rotatable bonds is 7. The SMILES string of the molecule is CNCCNC(=O)C(C)Sc1ccc([N+](=O)[O-])cc1.Cl. The Labute approximate surface area is 128 Å². The molecule has 0 aliphatic heterocycles. The van der Waals surface area contributed by atoms with Gasteiger partial charge in [-0.2, -0.15) is 0 Å². The van der Waals surface area contributed by atoms with E-state index in [0.717, 1.165) is 11.4 Å². The molecule has 0 heterocycles. The number of nitro groups is 1. The Hall–Kier alpha value is -1.31. The minimum absolute atomic E-state index is 0. The molecule has 0 spiro atoms. The highest BCUT2D eigenvalue weighted by Gasteiger charge is 2.14. The van der Waals surface area contributed by atoms with Gasteiger partial charge in [-0.25, -0.2) is 0 Å². The third-order valence-corrected chi connectivity index (χ3v) is 3.52. The summed E-state index contributed by atoms with van der Waals surface area (Å²) in [5.41, 5.74) is 0.0514. The van der Waals surface area contributed by atoms with E-state index in [0.29, 0.717) is 6.54 Å². The van der Waals surface area contributed by atoms with Gasteiger partial charge in [-0.3, -0.25) is 14.9 Å². The number of benzene rings is 1. The van der Waals surface area contributed by atoms with Gasteiger partial charge in [0.15, 0.2) is 0 Å². The topological polar surface area (TPSA) is 84.3 Å². The minimum atomic E-state index is -0.442. The monoisotopic (exact) mass is 319 g/mol. The lowest BCUT2D eigenvalue weighted by Gasteiger charge is -2.11. The lowest BCUT2D eigenvalue weighted by atomic mass is 10.3. The van der Waals surface area contributed by atoms with Crippen LogP contribution in [0, 0.1) is 10.1 Å². The van der Waals surface area contributed by atoms with Gasteiger partial charge in [0, 0.05) is 30.1 Å². The van der Waals surface area contributed by atoms with Crippen LogP contribution in [-0.2, 0) is 4.79 Å². The van der Waals surface area contributed by atoms with Crippen LogP contribution in [0.25, 0.3) is 0 Å². The Morgan fingerprint density at radius 3 is 2.45 bits per heavy atom. The van der Waals surface area contributed by atoms with Crippen LogP contribution in [0.3, 0.4) is 0 Å². The van der Waals surface area contributed by atoms with Crippen LogP contribution in [0.4, 0.5) is 5.69 Å². The third-order valence-electron chi connectivity index (χ3n) is 2.40. The van der Waals surface area contributed by atoms with Crippen molar-refractivity contribution in [1.29, 1.82) is 0 Å². The number of nitrogens with zero attached hydrogens (tertiary/aromatic N) is 1. The van der Waals surface area contributed by atoms with Crippen LogP contribution in [-0.4, -0.2) is 36.2 Å². The first-order valence-electron chi connectivity index (χ1n) is 5.88. The van der Waals surface area contributed by atoms with E-state index in [9.17, 15) is 14.9 Å². The summed E-state index contributed by atoms with van der Waals surface area (Å²) < 4.78 is 0. The fourth-order valence-electron chi connectivity index (χ4n) is 1.36. The number of nitro benzene ring substituents is 1. The highest BCUT2D eigenvalue weighted by atomic mass is 35.5. The highest BCUT2D eigenvalue weighted by Crippen LogP contribution is 2.25. The molecule has 0 aromatic heterocycles. The Kier molecular flexibility index (Phi) is 8.94. The Morgan fingerprint density at radius 2 is 1.95 bits per heavy atom. The van der Waals surface area contributed by atoms with Gasteiger partial charge in [-0.1, -0.05) is 0 Å². The van der Waals surface area contributed by atoms with Crippen molar-refractivity contribution in [3.63, 3.8) is 0 Å². The summed E-state index contributed by atoms with van der Waals surface area (Å²) in [6.45, 7) is 3.11. The van der Waals surface area contributed by atoms with Gasteiger partial charge in [-0.15, -0.1) is 24.2 Å². The van der Waals surface area contributed by atoms with E-state index in [1.54, 1.807) is 19.1 Å². The predicted molar refractivity (Wildman–Crippen MR) is 82.6 cm³/mol. The zero-order valence-corrected chi connectivity index (χ0v) is 12.9. The molecular weight excluding hydrogens is 302 g/mol. The molecule has 0 saturated carbocycles. The van der Waals surface area contributed by atoms with Crippen LogP contribution in [0.15, 0.2) is 29.2 Å². The molecule has 1 aromatic carbocycles. The van der Waals surface area contributed by atoms with E-state index in [1.807, 2.05) is 7.05 Å². The summed E-state index contributed by atoms with van der Waals surface area (Å²) in [4.78, 5) is 22.6. The second-order valence-corrected chi connectivity index (χ2v) is 5.32. The zero-order chi connectivity index (χ0) is 14.3. The van der Waals surface area contributed by atoms with Crippen molar-refractivity contribution in [3.8, 4) is 0 Å². The van der Waals surface area contributed by atoms with E-state index in [-0.39, 0.29) is 29.3 Å². The molecule has 1 unspecified atom stereocenters. The van der Waals surface area contributed by atoms with Crippen molar-refractivity contribution >= 4 is 35.8 Å². The molecule has 1 aromatic rings. The number of likely N-dealkylation sites (N-methyl/N-ethyl adjacent to an activating group) is 1. The molecule has 112 valence electrons. The molecule has 0 aliphatic carbocycles. The first kappa shape index (κ1) is 18.7. The fourth-order valence-corrected chi connectivity index (χ4v) is 2.25. The molecule has 1 rings (SSSR count). The van der Waals surface area contributed by atoms with E-state index in [4.69, 9.17) is 0 Å². The number of non-ortho nitro benzene ring substituents is 1. The maximum absolute atomic E-state index is 11.7. The van der Waals surface area contributed by atoms with Gasteiger partial charge >= 0.3 is 0 Å². The first-order valence-corrected chi connectivity index (χ1v) is 6.76. The first-order chi connectivity index (χ1) is 9.04. The van der Waals surface area contributed by atoms with Gasteiger partial charge in [0.05, 0.1) is 10.2 Å². The van der Waals surface area contributed by atoms with E-state index < -0.39 is 4.92 Å². The van der Waals surface area contributed by atoms with Gasteiger partial charge in [-0.05, 0) is 26.1 Å². The molecule has 0 aliphatic rings. The number of nitrogens with one attached hydrogen (secondary N) is 2. The molecule has 0 saturated heterocycles. The summed E-state index contributed by atoms with van der Waals surface area (Å²) in [7, 11) is 1.82. The minimum Gasteiger partial charge on any atom is -0.354 e. The van der Waals surface area contributed by atoms with Crippen LogP contribution >= 0.6 is 24.2 Å². The van der Waals surface area contributed by atoms with Gasteiger partial charge in [0.25, 0.3) is 5.69 Å². The maximum atomic E-state index is 11.7. The van der Waals surface area contributed by atoms with Gasteiger partial charge in [0.1, 0.15) is 0 Å². The van der Waals surface area contributed by atoms with E-state index in [1.165, 1.54) is 23.9 Å². The summed E-state index contributed by atoms with van der Waals surface area (Å²) >= 11 is 1.38. The molecule has 6 nitrogen and oxygen atoms in total. The molecular formula is C12H18ClN3O3S. The normalized spacial score (nSPS) is 11.3. The Balaban J connectivity index is 0.00000361. The number of hydrogen-bond acceptors (Lipinski definition) is 5. The summed E-state index contributed by atoms with van der Waals surface area (Å²) in [5, 5.41) is 16.0. The van der Waals surface area contributed by atoms with E-state index in [2.05, 4.69) is 10.6 Å². The average molecular weight is 320 g/mol. The molecule has 1 atom stereocenters. The average Bonchev–Trinajstić information content (AvgIpc) is 2.39. The van der Waals surface area contributed by atoms with Crippen molar-refractivity contribution in [1.82, 2.24) is 10.6 Å². The maximum Gasteiger partial charge on any atom is 0.269 e. The molecule has 20 heavy (non-hydrogen) atoms. The number of hydrogen-bond donors (Lipinski definition) is 2. The molecule has 0 radical (unpaired) electrons. The number of carbonyl (C=O) groups excluding carboxylic acids is 1. The van der Waals surface area contributed by atoms with Crippen molar-refractivity contribution in [2.75, 3.05) is 20.1 Å². The standard InChI is InChI=1S/C12H17N3O3S.ClH/c1-9(12(16)14-8-7-13-2)19-11-5-3-10(4-6-11)15(17)18;/h3-6,9,13H,7-8H2,1-2H3,(H,14,16);1H. The number of thioether (sulfide) groups is 1. The fraction of sp³-hybridized carbons (Fsp3) is 0.417. The van der Waals surface area contributed by atoms with Crippen molar-refractivity contribution in [3.05, 3.63) is 34.4 Å². The smallest absolute Gasteiger partial charge is 0.269 e. The zero-order valence-electron chi connectivity index (χ0n) is 11.3. The molecule has 1 amide bonds. The molecule has 8 heteroatoms. The van der Waals surface area contributed by atoms with Crippen molar-refractivity contribution in [2.24, 2.45) is 0 Å². The summed E-state index contributed by atoms with van der Waals surface area (Å²) in [6.07, 6.45) is 0. The Bertz CT molecular complexity index is 442. The molecule has 0 bridgehead atoms. The van der Waals surface area contributed by atoms with Gasteiger partial charge in [0.2, 0.25) is 5.91 Å². The van der Waals surface area contributed by atoms with Gasteiger partial charge < -0.3 is 10.6 Å². The van der Waals surface area contributed by atoms with Crippen LogP contribution < -0.4 is 10.6 Å². The second kappa shape index (κ2) is 9.57. The largest absolute Gasteiger partial charge is 0.354 e. The second-order valence-electron chi connectivity index (χ2n) is 3.91. The number of amides is 1. The molecule has 0 fully saturated rings. The lowest BCUT2D eigenvalue weighted by Crippen LogP contribution is -2.35. The van der Waals surface area contributed by atoms with Crippen LogP contribution in [0.1, 0.15) is 6.92 Å². The van der Waals surface area contributed by atoms with Crippen LogP contribution in [0.2, 0.25) is 0 Å². The molecule has 2 N–H and O–H groups in total. The predicted octanol–water partition coefficient (Wildman–Crippen LogP) is 1.83. The van der Waals surface area contributed by atoms with Crippen LogP contribution in [0.5, 0.6) is 0 Å². The van der Waals surface area contributed by atoms with E-state index >= 15 is 0 Å².